The number of anilines is 1. The van der Waals surface area contributed by atoms with Gasteiger partial charge in [-0.25, -0.2) is 8.42 Å². The molecule has 36 heavy (non-hydrogen) atoms. The van der Waals surface area contributed by atoms with Gasteiger partial charge in [0.1, 0.15) is 5.76 Å². The van der Waals surface area contributed by atoms with Crippen molar-refractivity contribution in [2.24, 2.45) is 0 Å². The molecule has 0 aliphatic carbocycles. The minimum Gasteiger partial charge on any atom is -0.467 e. The Morgan fingerprint density at radius 2 is 1.69 bits per heavy atom. The lowest BCUT2D eigenvalue weighted by atomic mass is 10.1. The van der Waals surface area contributed by atoms with E-state index in [0.29, 0.717) is 30.8 Å². The zero-order chi connectivity index (χ0) is 26.1. The molecule has 1 aromatic heterocycles. The maximum absolute atomic E-state index is 13.6. The molecule has 0 aliphatic rings. The van der Waals surface area contributed by atoms with Gasteiger partial charge in [-0.15, -0.1) is 0 Å². The lowest BCUT2D eigenvalue weighted by Gasteiger charge is -2.30. The summed E-state index contributed by atoms with van der Waals surface area (Å²) in [6, 6.07) is 18.9. The van der Waals surface area contributed by atoms with Crippen molar-refractivity contribution in [3.05, 3.63) is 84.3 Å². The fourth-order valence-corrected chi connectivity index (χ4v) is 5.41. The van der Waals surface area contributed by atoms with Crippen LogP contribution in [-0.2, 0) is 32.6 Å². The Hall–Kier alpha value is -3.43. The summed E-state index contributed by atoms with van der Waals surface area (Å²) in [6.07, 6.45) is 2.72. The van der Waals surface area contributed by atoms with Gasteiger partial charge in [0.15, 0.2) is 0 Å². The van der Waals surface area contributed by atoms with Crippen LogP contribution in [0.3, 0.4) is 0 Å². The van der Waals surface area contributed by atoms with Gasteiger partial charge in [-0.3, -0.25) is 9.59 Å². The highest BCUT2D eigenvalue weighted by atomic mass is 32.2. The molecular weight excluding hydrogens is 478 g/mol. The molecule has 3 rings (SSSR count). The highest BCUT2D eigenvalue weighted by Gasteiger charge is 2.32. The van der Waals surface area contributed by atoms with E-state index in [-0.39, 0.29) is 29.8 Å². The quantitative estimate of drug-likeness (QED) is 0.391. The lowest BCUT2D eigenvalue weighted by molar-refractivity contribution is -0.132. The molecule has 1 heterocycles. The molecule has 2 aromatic carbocycles. The van der Waals surface area contributed by atoms with E-state index in [1.807, 2.05) is 37.3 Å². The lowest BCUT2D eigenvalue weighted by Crippen LogP contribution is -2.46. The predicted molar refractivity (Wildman–Crippen MR) is 139 cm³/mol. The van der Waals surface area contributed by atoms with Crippen molar-refractivity contribution in [3.8, 4) is 0 Å². The molecule has 1 unspecified atom stereocenters. The minimum absolute atomic E-state index is 0.0616. The summed E-state index contributed by atoms with van der Waals surface area (Å²) in [5, 5.41) is 2.63. The van der Waals surface area contributed by atoms with E-state index in [4.69, 9.17) is 4.42 Å². The van der Waals surface area contributed by atoms with Crippen molar-refractivity contribution >= 4 is 27.5 Å². The minimum atomic E-state index is -3.97. The first kappa shape index (κ1) is 27.2. The van der Waals surface area contributed by atoms with Gasteiger partial charge in [-0.1, -0.05) is 37.3 Å². The Bertz CT molecular complexity index is 1230. The third-order valence-electron chi connectivity index (χ3n) is 5.95. The summed E-state index contributed by atoms with van der Waals surface area (Å²) >= 11 is 0. The summed E-state index contributed by atoms with van der Waals surface area (Å²) in [4.78, 5) is 26.5. The van der Waals surface area contributed by atoms with E-state index in [9.17, 15) is 18.0 Å². The first-order valence-corrected chi connectivity index (χ1v) is 13.4. The van der Waals surface area contributed by atoms with Gasteiger partial charge in [0.2, 0.25) is 21.8 Å². The normalized spacial score (nSPS) is 12.3. The Morgan fingerprint density at radius 1 is 1.00 bits per heavy atom. The molecule has 0 radical (unpaired) electrons. The van der Waals surface area contributed by atoms with Crippen LogP contribution in [0.1, 0.15) is 38.5 Å². The third-order valence-corrected chi connectivity index (χ3v) is 7.92. The molecule has 0 spiro atoms. The van der Waals surface area contributed by atoms with Crippen LogP contribution < -0.4 is 5.32 Å². The van der Waals surface area contributed by atoms with Crippen molar-refractivity contribution in [1.29, 1.82) is 0 Å². The van der Waals surface area contributed by atoms with Crippen molar-refractivity contribution in [3.63, 3.8) is 0 Å². The zero-order valence-electron chi connectivity index (χ0n) is 20.9. The first-order valence-electron chi connectivity index (χ1n) is 11.9. The molecule has 0 saturated heterocycles. The van der Waals surface area contributed by atoms with E-state index >= 15 is 0 Å². The highest BCUT2D eigenvalue weighted by Crippen LogP contribution is 2.22. The second kappa shape index (κ2) is 12.5. The number of hydrogen-bond donors (Lipinski definition) is 1. The Labute approximate surface area is 213 Å². The average molecular weight is 512 g/mol. The van der Waals surface area contributed by atoms with Crippen LogP contribution in [0.25, 0.3) is 0 Å². The van der Waals surface area contributed by atoms with Gasteiger partial charge in [0.05, 0.1) is 24.2 Å². The number of benzene rings is 2. The second-order valence-electron chi connectivity index (χ2n) is 8.64. The Morgan fingerprint density at radius 3 is 2.28 bits per heavy atom. The first-order chi connectivity index (χ1) is 17.2. The van der Waals surface area contributed by atoms with Crippen LogP contribution in [0, 0.1) is 0 Å². The molecule has 1 atom stereocenters. The van der Waals surface area contributed by atoms with Gasteiger partial charge in [-0.05, 0) is 61.7 Å². The molecule has 192 valence electrons. The summed E-state index contributed by atoms with van der Waals surface area (Å²) < 4.78 is 33.8. The molecule has 0 bridgehead atoms. The van der Waals surface area contributed by atoms with Crippen LogP contribution in [0.2, 0.25) is 0 Å². The van der Waals surface area contributed by atoms with Gasteiger partial charge in [0, 0.05) is 25.2 Å². The van der Waals surface area contributed by atoms with Gasteiger partial charge in [-0.2, -0.15) is 4.31 Å². The molecule has 1 N–H and O–H groups in total. The molecule has 0 fully saturated rings. The number of rotatable bonds is 12. The van der Waals surface area contributed by atoms with Crippen LogP contribution in [-0.4, -0.2) is 48.6 Å². The van der Waals surface area contributed by atoms with E-state index in [2.05, 4.69) is 5.32 Å². The topological polar surface area (TPSA) is 99.9 Å². The average Bonchev–Trinajstić information content (AvgIpc) is 3.38. The number of hydrogen-bond acceptors (Lipinski definition) is 5. The number of nitrogens with zero attached hydrogens (tertiary/aromatic N) is 2. The Balaban J connectivity index is 1.82. The van der Waals surface area contributed by atoms with Crippen molar-refractivity contribution in [2.45, 2.75) is 51.1 Å². The van der Waals surface area contributed by atoms with E-state index in [1.165, 1.54) is 35.5 Å². The maximum atomic E-state index is 13.6. The number of nitrogens with one attached hydrogen (secondary N) is 1. The summed E-state index contributed by atoms with van der Waals surface area (Å²) in [7, 11) is -3.97. The van der Waals surface area contributed by atoms with Gasteiger partial charge >= 0.3 is 0 Å². The smallest absolute Gasteiger partial charge is 0.243 e. The SMILES string of the molecule is CCC(C)N(CC(=O)N(CCc1ccccc1)Cc1ccco1)S(=O)(=O)c1ccc(NC(C)=O)cc1. The molecule has 3 aromatic rings. The number of carbonyl (C=O) groups is 2. The van der Waals surface area contributed by atoms with Crippen LogP contribution in [0.4, 0.5) is 5.69 Å². The van der Waals surface area contributed by atoms with Crippen molar-refractivity contribution in [2.75, 3.05) is 18.4 Å². The predicted octanol–water partition coefficient (Wildman–Crippen LogP) is 4.30. The molecule has 0 aliphatic heterocycles. The standard InChI is InChI=1S/C27H33N3O5S/c1-4-21(2)30(36(33,34)26-14-12-24(13-15-26)28-22(3)31)20-27(32)29(19-25-11-8-18-35-25)17-16-23-9-6-5-7-10-23/h5-15,18,21H,4,16-17,19-20H2,1-3H3,(H,28,31). The van der Waals surface area contributed by atoms with Crippen molar-refractivity contribution in [1.82, 2.24) is 9.21 Å². The second-order valence-corrected chi connectivity index (χ2v) is 10.5. The third kappa shape index (κ3) is 7.29. The zero-order valence-corrected chi connectivity index (χ0v) is 21.7. The molecule has 2 amide bonds. The molecule has 9 heteroatoms. The fraction of sp³-hybridized carbons (Fsp3) is 0.333. The summed E-state index contributed by atoms with van der Waals surface area (Å²) in [5.74, 6) is 0.0774. The van der Waals surface area contributed by atoms with Crippen molar-refractivity contribution < 1.29 is 22.4 Å². The van der Waals surface area contributed by atoms with E-state index in [0.717, 1.165) is 5.56 Å². The van der Waals surface area contributed by atoms with Crippen LogP contribution in [0.15, 0.2) is 82.3 Å². The fourth-order valence-electron chi connectivity index (χ4n) is 3.75. The number of sulfonamides is 1. The monoisotopic (exact) mass is 511 g/mol. The summed E-state index contributed by atoms with van der Waals surface area (Å²) in [5.41, 5.74) is 1.58. The number of carbonyl (C=O) groups excluding carboxylic acids is 2. The summed E-state index contributed by atoms with van der Waals surface area (Å²) in [6.45, 7) is 5.43. The maximum Gasteiger partial charge on any atom is 0.243 e. The van der Waals surface area contributed by atoms with Gasteiger partial charge < -0.3 is 14.6 Å². The molecular formula is C27H33N3O5S. The van der Waals surface area contributed by atoms with Gasteiger partial charge in [0.25, 0.3) is 0 Å². The van der Waals surface area contributed by atoms with Crippen LogP contribution >= 0.6 is 0 Å². The largest absolute Gasteiger partial charge is 0.467 e. The molecule has 8 nitrogen and oxygen atoms in total. The van der Waals surface area contributed by atoms with E-state index in [1.54, 1.807) is 30.2 Å². The van der Waals surface area contributed by atoms with E-state index < -0.39 is 16.1 Å². The van der Waals surface area contributed by atoms with Crippen LogP contribution in [0.5, 0.6) is 0 Å². The number of furan rings is 1. The number of amides is 2. The highest BCUT2D eigenvalue weighted by molar-refractivity contribution is 7.89. The molecule has 0 saturated carbocycles. The Kier molecular flexibility index (Phi) is 9.44.